The molecule has 1 amide bonds. The molecule has 0 unspecified atom stereocenters. The highest BCUT2D eigenvalue weighted by atomic mass is 16.5. The van der Waals surface area contributed by atoms with E-state index in [0.717, 1.165) is 24.9 Å². The van der Waals surface area contributed by atoms with E-state index in [-0.39, 0.29) is 12.0 Å². The maximum atomic E-state index is 11.8. The second-order valence-corrected chi connectivity index (χ2v) is 5.16. The summed E-state index contributed by atoms with van der Waals surface area (Å²) in [5, 5.41) is 7.13. The highest BCUT2D eigenvalue weighted by Gasteiger charge is 2.22. The minimum absolute atomic E-state index is 0.0145. The molecule has 0 radical (unpaired) electrons. The van der Waals surface area contributed by atoms with Crippen LogP contribution in [0.15, 0.2) is 42.7 Å². The van der Waals surface area contributed by atoms with Crippen LogP contribution in [0.4, 0.5) is 0 Å². The van der Waals surface area contributed by atoms with Gasteiger partial charge in [-0.05, 0) is 43.0 Å². The molecule has 1 aliphatic heterocycles. The summed E-state index contributed by atoms with van der Waals surface area (Å²) in [6, 6.07) is 10.1. The lowest BCUT2D eigenvalue weighted by atomic mass is 10.1. The van der Waals surface area contributed by atoms with Crippen LogP contribution in [0.25, 0.3) is 5.69 Å². The van der Waals surface area contributed by atoms with E-state index >= 15 is 0 Å². The maximum Gasteiger partial charge on any atom is 0.249 e. The van der Waals surface area contributed by atoms with E-state index in [0.29, 0.717) is 13.2 Å². The van der Waals surface area contributed by atoms with Crippen LogP contribution in [0.2, 0.25) is 0 Å². The molecule has 1 saturated heterocycles. The third kappa shape index (κ3) is 3.49. The van der Waals surface area contributed by atoms with E-state index in [1.807, 2.05) is 29.1 Å². The van der Waals surface area contributed by atoms with E-state index in [9.17, 15) is 4.79 Å². The van der Waals surface area contributed by atoms with E-state index in [1.54, 1.807) is 6.20 Å². The predicted molar refractivity (Wildman–Crippen MR) is 79.3 cm³/mol. The van der Waals surface area contributed by atoms with Crippen molar-refractivity contribution in [1.82, 2.24) is 15.1 Å². The zero-order chi connectivity index (χ0) is 14.5. The van der Waals surface area contributed by atoms with Crippen LogP contribution in [0.3, 0.4) is 0 Å². The molecule has 1 atom stereocenters. The lowest BCUT2D eigenvalue weighted by molar-refractivity contribution is -0.129. The third-order valence-electron chi connectivity index (χ3n) is 3.64. The smallest absolute Gasteiger partial charge is 0.249 e. The van der Waals surface area contributed by atoms with Gasteiger partial charge in [-0.2, -0.15) is 5.10 Å². The van der Waals surface area contributed by atoms with Gasteiger partial charge < -0.3 is 10.1 Å². The molecule has 3 rings (SSSR count). The molecule has 5 nitrogen and oxygen atoms in total. The number of carbonyl (C=O) groups excluding carboxylic acids is 1. The Morgan fingerprint density at radius 2 is 2.24 bits per heavy atom. The second-order valence-electron chi connectivity index (χ2n) is 5.16. The first-order valence-electron chi connectivity index (χ1n) is 7.31. The van der Waals surface area contributed by atoms with Gasteiger partial charge in [-0.1, -0.05) is 12.1 Å². The van der Waals surface area contributed by atoms with Crippen molar-refractivity contribution in [3.63, 3.8) is 0 Å². The average Bonchev–Trinajstić information content (AvgIpc) is 3.21. The van der Waals surface area contributed by atoms with Gasteiger partial charge in [0.25, 0.3) is 0 Å². The molecular formula is C16H19N3O2. The minimum atomic E-state index is -0.243. The Morgan fingerprint density at radius 3 is 2.90 bits per heavy atom. The fourth-order valence-corrected chi connectivity index (χ4v) is 2.47. The summed E-state index contributed by atoms with van der Waals surface area (Å²) in [4.78, 5) is 11.8. The van der Waals surface area contributed by atoms with Crippen molar-refractivity contribution in [3.8, 4) is 5.69 Å². The van der Waals surface area contributed by atoms with Gasteiger partial charge in [0.2, 0.25) is 5.91 Å². The highest BCUT2D eigenvalue weighted by Crippen LogP contribution is 2.12. The molecule has 1 N–H and O–H groups in total. The van der Waals surface area contributed by atoms with Crippen molar-refractivity contribution in [3.05, 3.63) is 48.3 Å². The van der Waals surface area contributed by atoms with E-state index < -0.39 is 0 Å². The van der Waals surface area contributed by atoms with Gasteiger partial charge in [-0.25, -0.2) is 4.68 Å². The first-order valence-corrected chi connectivity index (χ1v) is 7.31. The average molecular weight is 285 g/mol. The molecule has 2 heterocycles. The topological polar surface area (TPSA) is 56.2 Å². The van der Waals surface area contributed by atoms with Crippen LogP contribution in [0, 0.1) is 0 Å². The summed E-state index contributed by atoms with van der Waals surface area (Å²) < 4.78 is 7.18. The van der Waals surface area contributed by atoms with E-state index in [1.165, 1.54) is 5.56 Å². The summed E-state index contributed by atoms with van der Waals surface area (Å²) >= 11 is 0. The van der Waals surface area contributed by atoms with Gasteiger partial charge in [-0.15, -0.1) is 0 Å². The summed E-state index contributed by atoms with van der Waals surface area (Å²) in [6.07, 6.45) is 6.06. The minimum Gasteiger partial charge on any atom is -0.368 e. The van der Waals surface area contributed by atoms with Gasteiger partial charge in [0.05, 0.1) is 5.69 Å². The lowest BCUT2D eigenvalue weighted by Crippen LogP contribution is -2.35. The van der Waals surface area contributed by atoms with Crippen LogP contribution in [0.5, 0.6) is 0 Å². The number of rotatable bonds is 5. The second kappa shape index (κ2) is 6.54. The largest absolute Gasteiger partial charge is 0.368 e. The van der Waals surface area contributed by atoms with Gasteiger partial charge in [-0.3, -0.25) is 4.79 Å². The Labute approximate surface area is 123 Å². The molecule has 1 aliphatic rings. The Kier molecular flexibility index (Phi) is 4.31. The molecule has 2 aromatic rings. The fourth-order valence-electron chi connectivity index (χ4n) is 2.47. The van der Waals surface area contributed by atoms with Gasteiger partial charge in [0.1, 0.15) is 6.10 Å². The Morgan fingerprint density at radius 1 is 1.38 bits per heavy atom. The van der Waals surface area contributed by atoms with Gasteiger partial charge in [0, 0.05) is 25.5 Å². The number of amides is 1. The van der Waals surface area contributed by atoms with Crippen molar-refractivity contribution in [2.24, 2.45) is 0 Å². The molecule has 0 bridgehead atoms. The maximum absolute atomic E-state index is 11.8. The highest BCUT2D eigenvalue weighted by molar-refractivity contribution is 5.80. The normalized spacial score (nSPS) is 17.8. The first kappa shape index (κ1) is 13.8. The summed E-state index contributed by atoms with van der Waals surface area (Å²) in [5.41, 5.74) is 2.23. The summed E-state index contributed by atoms with van der Waals surface area (Å²) in [7, 11) is 0. The standard InChI is InChI=1S/C16H19N3O2/c20-16(15-3-1-12-21-15)17-10-8-13-4-6-14(7-5-13)19-11-2-9-18-19/h2,4-7,9,11,15H,1,3,8,10,12H2,(H,17,20)/t15-/m1/s1. The number of benzene rings is 1. The third-order valence-corrected chi connectivity index (χ3v) is 3.64. The zero-order valence-electron chi connectivity index (χ0n) is 11.9. The van der Waals surface area contributed by atoms with Crippen molar-refractivity contribution < 1.29 is 9.53 Å². The number of carbonyl (C=O) groups is 1. The van der Waals surface area contributed by atoms with Crippen LogP contribution in [0.1, 0.15) is 18.4 Å². The van der Waals surface area contributed by atoms with Crippen LogP contribution < -0.4 is 5.32 Å². The van der Waals surface area contributed by atoms with Gasteiger partial charge in [0.15, 0.2) is 0 Å². The molecular weight excluding hydrogens is 266 g/mol. The zero-order valence-corrected chi connectivity index (χ0v) is 11.9. The number of hydrogen-bond donors (Lipinski definition) is 1. The fraction of sp³-hybridized carbons (Fsp3) is 0.375. The Bertz CT molecular complexity index is 572. The Balaban J connectivity index is 1.48. The van der Waals surface area contributed by atoms with Crippen molar-refractivity contribution >= 4 is 5.91 Å². The van der Waals surface area contributed by atoms with Crippen LogP contribution in [-0.2, 0) is 16.0 Å². The molecule has 1 aromatic carbocycles. The van der Waals surface area contributed by atoms with E-state index in [2.05, 4.69) is 22.5 Å². The van der Waals surface area contributed by atoms with Crippen LogP contribution >= 0.6 is 0 Å². The van der Waals surface area contributed by atoms with Gasteiger partial charge >= 0.3 is 0 Å². The Hall–Kier alpha value is -2.14. The number of nitrogens with one attached hydrogen (secondary N) is 1. The molecule has 0 aliphatic carbocycles. The SMILES string of the molecule is O=C(NCCc1ccc(-n2cccn2)cc1)[C@H]1CCCO1. The molecule has 110 valence electrons. The number of hydrogen-bond acceptors (Lipinski definition) is 3. The summed E-state index contributed by atoms with van der Waals surface area (Å²) in [6.45, 7) is 1.34. The molecule has 5 heteroatoms. The quantitative estimate of drug-likeness (QED) is 0.910. The number of nitrogens with zero attached hydrogens (tertiary/aromatic N) is 2. The molecule has 1 fully saturated rings. The lowest BCUT2D eigenvalue weighted by Gasteiger charge is -2.10. The van der Waals surface area contributed by atoms with Crippen LogP contribution in [-0.4, -0.2) is 34.9 Å². The summed E-state index contributed by atoms with van der Waals surface area (Å²) in [5.74, 6) is 0.0145. The number of ether oxygens (including phenoxy) is 1. The van der Waals surface area contributed by atoms with E-state index in [4.69, 9.17) is 4.74 Å². The van der Waals surface area contributed by atoms with Crippen molar-refractivity contribution in [1.29, 1.82) is 0 Å². The predicted octanol–water partition coefficient (Wildman–Crippen LogP) is 1.71. The first-order chi connectivity index (χ1) is 10.3. The molecule has 0 spiro atoms. The molecule has 0 saturated carbocycles. The molecule has 1 aromatic heterocycles. The van der Waals surface area contributed by atoms with Crippen molar-refractivity contribution in [2.45, 2.75) is 25.4 Å². The van der Waals surface area contributed by atoms with Crippen molar-refractivity contribution in [2.75, 3.05) is 13.2 Å². The monoisotopic (exact) mass is 285 g/mol. The molecule has 21 heavy (non-hydrogen) atoms. The number of aromatic nitrogens is 2.